The molecule has 1 aromatic rings. The van der Waals surface area contributed by atoms with E-state index in [0.29, 0.717) is 10.7 Å². The van der Waals surface area contributed by atoms with E-state index in [1.165, 1.54) is 11.8 Å². The van der Waals surface area contributed by atoms with Crippen molar-refractivity contribution in [3.05, 3.63) is 28.8 Å². The standard InChI is InChI=1S/C11H10ClNO3/c1-6(11(15)16)13-9-3-2-8(12)4-7(9)5-10(13)14/h2-4,6H,5H2,1H3,(H,15,16)/t6-/m1/s1. The Morgan fingerprint density at radius 3 is 2.88 bits per heavy atom. The van der Waals surface area contributed by atoms with Crippen LogP contribution in [-0.4, -0.2) is 23.0 Å². The van der Waals surface area contributed by atoms with Crippen molar-refractivity contribution in [3.8, 4) is 0 Å². The van der Waals surface area contributed by atoms with E-state index in [4.69, 9.17) is 16.7 Å². The van der Waals surface area contributed by atoms with Crippen LogP contribution in [0.15, 0.2) is 18.2 Å². The van der Waals surface area contributed by atoms with Gasteiger partial charge in [-0.05, 0) is 30.7 Å². The van der Waals surface area contributed by atoms with Crippen LogP contribution in [0.3, 0.4) is 0 Å². The minimum absolute atomic E-state index is 0.202. The number of halogens is 1. The molecule has 1 aliphatic rings. The predicted molar refractivity (Wildman–Crippen MR) is 59.7 cm³/mol. The van der Waals surface area contributed by atoms with Crippen molar-refractivity contribution in [3.63, 3.8) is 0 Å². The highest BCUT2D eigenvalue weighted by Crippen LogP contribution is 2.32. The third-order valence-corrected chi connectivity index (χ3v) is 2.89. The number of hydrogen-bond acceptors (Lipinski definition) is 2. The highest BCUT2D eigenvalue weighted by Gasteiger charge is 2.34. The number of carboxylic acids is 1. The van der Waals surface area contributed by atoms with Crippen molar-refractivity contribution in [1.82, 2.24) is 0 Å². The molecule has 0 radical (unpaired) electrons. The number of carbonyl (C=O) groups excluding carboxylic acids is 1. The summed E-state index contributed by atoms with van der Waals surface area (Å²) in [6, 6.07) is 4.18. The first-order valence-electron chi connectivity index (χ1n) is 4.84. The lowest BCUT2D eigenvalue weighted by Gasteiger charge is -2.21. The van der Waals surface area contributed by atoms with Gasteiger partial charge in [0.05, 0.1) is 6.42 Å². The Balaban J connectivity index is 2.44. The molecule has 1 heterocycles. The molecule has 1 N–H and O–H groups in total. The molecule has 1 aliphatic heterocycles. The second-order valence-corrected chi connectivity index (χ2v) is 4.16. The minimum Gasteiger partial charge on any atom is -0.480 e. The van der Waals surface area contributed by atoms with Crippen LogP contribution >= 0.6 is 11.6 Å². The number of hydrogen-bond donors (Lipinski definition) is 1. The Labute approximate surface area is 97.4 Å². The highest BCUT2D eigenvalue weighted by atomic mass is 35.5. The van der Waals surface area contributed by atoms with E-state index in [0.717, 1.165) is 5.56 Å². The number of aliphatic carboxylic acids is 1. The van der Waals surface area contributed by atoms with E-state index in [2.05, 4.69) is 0 Å². The van der Waals surface area contributed by atoms with Crippen LogP contribution in [0.25, 0.3) is 0 Å². The van der Waals surface area contributed by atoms with Gasteiger partial charge in [-0.25, -0.2) is 4.79 Å². The molecule has 5 heteroatoms. The molecule has 84 valence electrons. The number of nitrogens with zero attached hydrogens (tertiary/aromatic N) is 1. The molecule has 1 atom stereocenters. The molecule has 0 aromatic heterocycles. The second-order valence-electron chi connectivity index (χ2n) is 3.73. The second kappa shape index (κ2) is 3.79. The lowest BCUT2D eigenvalue weighted by atomic mass is 10.1. The molecular formula is C11H10ClNO3. The number of carbonyl (C=O) groups is 2. The Bertz CT molecular complexity index is 472. The summed E-state index contributed by atoms with van der Waals surface area (Å²) < 4.78 is 0. The van der Waals surface area contributed by atoms with E-state index in [1.807, 2.05) is 0 Å². The molecule has 0 spiro atoms. The zero-order valence-corrected chi connectivity index (χ0v) is 9.36. The summed E-state index contributed by atoms with van der Waals surface area (Å²) >= 11 is 5.81. The van der Waals surface area contributed by atoms with Crippen LogP contribution in [0.1, 0.15) is 12.5 Å². The Hall–Kier alpha value is -1.55. The average molecular weight is 240 g/mol. The van der Waals surface area contributed by atoms with E-state index >= 15 is 0 Å². The number of fused-ring (bicyclic) bond motifs is 1. The van der Waals surface area contributed by atoms with Gasteiger partial charge in [0, 0.05) is 10.7 Å². The third-order valence-electron chi connectivity index (χ3n) is 2.66. The van der Waals surface area contributed by atoms with Crippen LogP contribution in [-0.2, 0) is 16.0 Å². The molecule has 0 bridgehead atoms. The normalized spacial score (nSPS) is 16.1. The molecule has 0 fully saturated rings. The van der Waals surface area contributed by atoms with Gasteiger partial charge in [-0.1, -0.05) is 11.6 Å². The fraction of sp³-hybridized carbons (Fsp3) is 0.273. The average Bonchev–Trinajstić information content (AvgIpc) is 2.51. The Kier molecular flexibility index (Phi) is 2.59. The largest absolute Gasteiger partial charge is 0.480 e. The van der Waals surface area contributed by atoms with Crippen molar-refractivity contribution >= 4 is 29.2 Å². The summed E-state index contributed by atoms with van der Waals surface area (Å²) in [5, 5.41) is 9.47. The number of benzene rings is 1. The summed E-state index contributed by atoms with van der Waals surface area (Å²) in [6.45, 7) is 1.49. The summed E-state index contributed by atoms with van der Waals surface area (Å²) in [6.07, 6.45) is 0.216. The summed E-state index contributed by atoms with van der Waals surface area (Å²) in [5.41, 5.74) is 1.43. The first-order chi connectivity index (χ1) is 7.50. The van der Waals surface area contributed by atoms with E-state index < -0.39 is 12.0 Å². The van der Waals surface area contributed by atoms with E-state index in [1.54, 1.807) is 18.2 Å². The molecule has 1 aromatic carbocycles. The van der Waals surface area contributed by atoms with Gasteiger partial charge in [0.2, 0.25) is 5.91 Å². The number of carboxylic acid groups (broad SMARTS) is 1. The van der Waals surface area contributed by atoms with E-state index in [-0.39, 0.29) is 12.3 Å². The molecule has 0 saturated carbocycles. The zero-order valence-electron chi connectivity index (χ0n) is 8.61. The Morgan fingerprint density at radius 2 is 2.25 bits per heavy atom. The van der Waals surface area contributed by atoms with Crippen LogP contribution in [0.4, 0.5) is 5.69 Å². The lowest BCUT2D eigenvalue weighted by molar-refractivity contribution is -0.139. The lowest BCUT2D eigenvalue weighted by Crippen LogP contribution is -2.41. The molecule has 2 rings (SSSR count). The van der Waals surface area contributed by atoms with Crippen molar-refractivity contribution in [2.75, 3.05) is 4.90 Å². The topological polar surface area (TPSA) is 57.6 Å². The first kappa shape index (κ1) is 11.0. The SMILES string of the molecule is C[C@H](C(=O)O)N1C(=O)Cc2cc(Cl)ccc21. The predicted octanol–water partition coefficient (Wildman–Crippen LogP) is 1.70. The molecular weight excluding hydrogens is 230 g/mol. The smallest absolute Gasteiger partial charge is 0.326 e. The van der Waals surface area contributed by atoms with Gasteiger partial charge < -0.3 is 5.11 Å². The summed E-state index contributed by atoms with van der Waals surface area (Å²) in [5.74, 6) is -1.22. The number of anilines is 1. The van der Waals surface area contributed by atoms with Gasteiger partial charge in [-0.15, -0.1) is 0 Å². The molecule has 16 heavy (non-hydrogen) atoms. The third kappa shape index (κ3) is 1.65. The maximum absolute atomic E-state index is 11.7. The number of amides is 1. The molecule has 1 amide bonds. The quantitative estimate of drug-likeness (QED) is 0.855. The maximum Gasteiger partial charge on any atom is 0.326 e. The van der Waals surface area contributed by atoms with Crippen LogP contribution in [0.5, 0.6) is 0 Å². The highest BCUT2D eigenvalue weighted by molar-refractivity contribution is 6.31. The minimum atomic E-state index is -1.02. The van der Waals surface area contributed by atoms with Gasteiger partial charge in [-0.2, -0.15) is 0 Å². The summed E-state index contributed by atoms with van der Waals surface area (Å²) in [7, 11) is 0. The van der Waals surface area contributed by atoms with Gasteiger partial charge >= 0.3 is 5.97 Å². The fourth-order valence-electron chi connectivity index (χ4n) is 1.85. The van der Waals surface area contributed by atoms with Crippen LogP contribution in [0.2, 0.25) is 5.02 Å². The van der Waals surface area contributed by atoms with Gasteiger partial charge in [0.25, 0.3) is 0 Å². The molecule has 0 unspecified atom stereocenters. The van der Waals surface area contributed by atoms with Crippen molar-refractivity contribution in [2.24, 2.45) is 0 Å². The first-order valence-corrected chi connectivity index (χ1v) is 5.22. The van der Waals surface area contributed by atoms with Gasteiger partial charge in [0.1, 0.15) is 6.04 Å². The molecule has 0 aliphatic carbocycles. The Morgan fingerprint density at radius 1 is 1.56 bits per heavy atom. The summed E-state index contributed by atoms with van der Waals surface area (Å²) in [4.78, 5) is 23.9. The van der Waals surface area contributed by atoms with E-state index in [9.17, 15) is 9.59 Å². The molecule has 4 nitrogen and oxygen atoms in total. The maximum atomic E-state index is 11.7. The van der Waals surface area contributed by atoms with Crippen LogP contribution in [0, 0.1) is 0 Å². The zero-order chi connectivity index (χ0) is 11.9. The number of rotatable bonds is 2. The van der Waals surface area contributed by atoms with Crippen LogP contribution < -0.4 is 4.90 Å². The van der Waals surface area contributed by atoms with Crippen molar-refractivity contribution in [1.29, 1.82) is 0 Å². The molecule has 0 saturated heterocycles. The fourth-order valence-corrected chi connectivity index (χ4v) is 2.04. The van der Waals surface area contributed by atoms with Crippen molar-refractivity contribution < 1.29 is 14.7 Å². The van der Waals surface area contributed by atoms with Gasteiger partial charge in [-0.3, -0.25) is 9.69 Å². The monoisotopic (exact) mass is 239 g/mol. The van der Waals surface area contributed by atoms with Gasteiger partial charge in [0.15, 0.2) is 0 Å². The van der Waals surface area contributed by atoms with Crippen molar-refractivity contribution in [2.45, 2.75) is 19.4 Å².